The quantitative estimate of drug-likeness (QED) is 0.202. The van der Waals surface area contributed by atoms with E-state index in [1.54, 1.807) is 0 Å². The maximum atomic E-state index is 11.8. The number of hydrogen-bond acceptors (Lipinski definition) is 3. The monoisotopic (exact) mass is 360 g/mol. The molecule has 0 N–H and O–H groups in total. The van der Waals surface area contributed by atoms with Crippen molar-refractivity contribution in [3.8, 4) is 0 Å². The van der Waals surface area contributed by atoms with E-state index in [0.29, 0.717) is 12.3 Å². The summed E-state index contributed by atoms with van der Waals surface area (Å²) < 4.78 is 0. The van der Waals surface area contributed by atoms with E-state index in [9.17, 15) is 4.79 Å². The fourth-order valence-corrected chi connectivity index (χ4v) is 4.65. The molecular weight excluding hydrogens is 328 g/mol. The molecule has 0 amide bonds. The molecule has 1 aliphatic heterocycles. The predicted octanol–water partition coefficient (Wildman–Crippen LogP) is 4.95. The molecule has 0 aromatic heterocycles. The Morgan fingerprint density at radius 3 is 2.40 bits per heavy atom. The fourth-order valence-electron chi connectivity index (χ4n) is 4.34. The second-order valence-electron chi connectivity index (χ2n) is 8.04. The third-order valence-corrected chi connectivity index (χ3v) is 6.43. The molecule has 25 heavy (non-hydrogen) atoms. The molecule has 2 aliphatic carbocycles. The fraction of sp³-hybridized carbons (Fsp3) is 0.762. The summed E-state index contributed by atoms with van der Waals surface area (Å²) in [5, 5.41) is 0. The van der Waals surface area contributed by atoms with Crippen molar-refractivity contribution in [2.24, 2.45) is 22.7 Å². The SMILES string of the molecule is CCCCC=N/C(=C(\C=O)CC(=S)N1CC2CCCCC2C1)C1CC1. The first kappa shape index (κ1) is 18.8. The minimum absolute atomic E-state index is 0.488. The van der Waals surface area contributed by atoms with Gasteiger partial charge in [-0.1, -0.05) is 38.4 Å². The predicted molar refractivity (Wildman–Crippen MR) is 108 cm³/mol. The van der Waals surface area contributed by atoms with Crippen LogP contribution < -0.4 is 0 Å². The molecule has 1 heterocycles. The summed E-state index contributed by atoms with van der Waals surface area (Å²) in [4.78, 5) is 19.8. The van der Waals surface area contributed by atoms with E-state index in [1.165, 1.54) is 44.9 Å². The Morgan fingerprint density at radius 1 is 1.16 bits per heavy atom. The van der Waals surface area contributed by atoms with Crippen molar-refractivity contribution in [2.45, 2.75) is 71.1 Å². The second kappa shape index (κ2) is 9.07. The van der Waals surface area contributed by atoms with Gasteiger partial charge in [-0.25, -0.2) is 0 Å². The zero-order valence-corrected chi connectivity index (χ0v) is 16.4. The molecule has 2 unspecified atom stereocenters. The van der Waals surface area contributed by atoms with Gasteiger partial charge in [-0.2, -0.15) is 0 Å². The van der Waals surface area contributed by atoms with Gasteiger partial charge in [-0.15, -0.1) is 0 Å². The number of carbonyl (C=O) groups excluding carboxylic acids is 1. The zero-order valence-electron chi connectivity index (χ0n) is 15.6. The Bertz CT molecular complexity index is 536. The van der Waals surface area contributed by atoms with Crippen LogP contribution in [-0.4, -0.2) is 35.5 Å². The summed E-state index contributed by atoms with van der Waals surface area (Å²) in [7, 11) is 0. The van der Waals surface area contributed by atoms with E-state index in [-0.39, 0.29) is 0 Å². The highest BCUT2D eigenvalue weighted by atomic mass is 32.1. The van der Waals surface area contributed by atoms with Gasteiger partial charge < -0.3 is 4.90 Å². The smallest absolute Gasteiger partial charge is 0.148 e. The van der Waals surface area contributed by atoms with Crippen LogP contribution >= 0.6 is 12.2 Å². The van der Waals surface area contributed by atoms with Gasteiger partial charge in [0, 0.05) is 42.9 Å². The minimum atomic E-state index is 0.488. The van der Waals surface area contributed by atoms with Crippen LogP contribution in [0.1, 0.15) is 71.1 Å². The Labute approximate surface area is 158 Å². The molecule has 0 aromatic carbocycles. The van der Waals surface area contributed by atoms with Crippen LogP contribution in [0.2, 0.25) is 0 Å². The highest BCUT2D eigenvalue weighted by Crippen LogP contribution is 2.40. The molecule has 0 bridgehead atoms. The van der Waals surface area contributed by atoms with Gasteiger partial charge in [0.25, 0.3) is 0 Å². The highest BCUT2D eigenvalue weighted by molar-refractivity contribution is 7.80. The molecule has 2 saturated carbocycles. The van der Waals surface area contributed by atoms with Crippen molar-refractivity contribution in [3.05, 3.63) is 11.3 Å². The average molecular weight is 361 g/mol. The molecule has 2 atom stereocenters. The van der Waals surface area contributed by atoms with Gasteiger partial charge in [0.1, 0.15) is 6.29 Å². The van der Waals surface area contributed by atoms with Crippen molar-refractivity contribution in [1.29, 1.82) is 0 Å². The van der Waals surface area contributed by atoms with Crippen LogP contribution in [0.15, 0.2) is 16.3 Å². The first-order valence-electron chi connectivity index (χ1n) is 10.2. The molecular formula is C21H32N2OS. The molecule has 3 rings (SSSR count). The number of thiocarbonyl (C=S) groups is 1. The van der Waals surface area contributed by atoms with E-state index in [1.807, 2.05) is 6.21 Å². The number of rotatable bonds is 8. The molecule has 138 valence electrons. The molecule has 3 nitrogen and oxygen atoms in total. The summed E-state index contributed by atoms with van der Waals surface area (Å²) in [6.07, 6.45) is 14.8. The Morgan fingerprint density at radius 2 is 1.84 bits per heavy atom. The number of carbonyl (C=O) groups is 1. The number of hydrogen-bond donors (Lipinski definition) is 0. The van der Waals surface area contributed by atoms with Crippen LogP contribution in [0, 0.1) is 17.8 Å². The number of aldehydes is 1. The molecule has 4 heteroatoms. The normalized spacial score (nSPS) is 27.3. The van der Waals surface area contributed by atoms with Crippen molar-refractivity contribution in [1.82, 2.24) is 4.90 Å². The van der Waals surface area contributed by atoms with Crippen molar-refractivity contribution in [2.75, 3.05) is 13.1 Å². The summed E-state index contributed by atoms with van der Waals surface area (Å²) >= 11 is 5.74. The zero-order chi connectivity index (χ0) is 17.6. The van der Waals surface area contributed by atoms with Crippen LogP contribution in [0.3, 0.4) is 0 Å². The highest BCUT2D eigenvalue weighted by Gasteiger charge is 2.35. The van der Waals surface area contributed by atoms with Crippen molar-refractivity contribution in [3.63, 3.8) is 0 Å². The van der Waals surface area contributed by atoms with Gasteiger partial charge in [-0.3, -0.25) is 9.79 Å². The third kappa shape index (κ3) is 4.99. The van der Waals surface area contributed by atoms with Gasteiger partial charge in [0.2, 0.25) is 0 Å². The number of likely N-dealkylation sites (tertiary alicyclic amines) is 1. The molecule has 3 fully saturated rings. The maximum Gasteiger partial charge on any atom is 0.148 e. The standard InChI is InChI=1S/C21H32N2OS/c1-2-3-6-11-22-21(16-9-10-16)19(15-24)12-20(25)23-13-17-7-4-5-8-18(17)14-23/h11,15-18H,2-10,12-14H2,1H3/b21-19-,22-11?. The van der Waals surface area contributed by atoms with Crippen molar-refractivity contribution >= 4 is 29.7 Å². The summed E-state index contributed by atoms with van der Waals surface area (Å²) in [6.45, 7) is 4.40. The lowest BCUT2D eigenvalue weighted by Crippen LogP contribution is -2.28. The summed E-state index contributed by atoms with van der Waals surface area (Å²) in [6, 6.07) is 0. The number of allylic oxidation sites excluding steroid dienone is 1. The van der Waals surface area contributed by atoms with Crippen LogP contribution in [0.25, 0.3) is 0 Å². The van der Waals surface area contributed by atoms with Crippen LogP contribution in [-0.2, 0) is 4.79 Å². The Kier molecular flexibility index (Phi) is 6.80. The van der Waals surface area contributed by atoms with Gasteiger partial charge >= 0.3 is 0 Å². The Hall–Kier alpha value is -1.03. The first-order chi connectivity index (χ1) is 12.2. The van der Waals surface area contributed by atoms with Gasteiger partial charge in [-0.05, 0) is 50.4 Å². The summed E-state index contributed by atoms with van der Waals surface area (Å²) in [5.41, 5.74) is 1.85. The third-order valence-electron chi connectivity index (χ3n) is 6.02. The average Bonchev–Trinajstić information content (AvgIpc) is 3.37. The van der Waals surface area contributed by atoms with E-state index in [0.717, 1.165) is 60.3 Å². The molecule has 0 spiro atoms. The van der Waals surface area contributed by atoms with Crippen LogP contribution in [0.5, 0.6) is 0 Å². The largest absolute Gasteiger partial charge is 0.365 e. The molecule has 1 saturated heterocycles. The minimum Gasteiger partial charge on any atom is -0.365 e. The lowest BCUT2D eigenvalue weighted by Gasteiger charge is -2.22. The number of fused-ring (bicyclic) bond motifs is 1. The lowest BCUT2D eigenvalue weighted by molar-refractivity contribution is -0.105. The van der Waals surface area contributed by atoms with E-state index in [4.69, 9.17) is 17.2 Å². The Balaban J connectivity index is 1.64. The van der Waals surface area contributed by atoms with Crippen LogP contribution in [0.4, 0.5) is 0 Å². The number of aliphatic imine (C=N–C) groups is 1. The maximum absolute atomic E-state index is 11.8. The lowest BCUT2D eigenvalue weighted by atomic mass is 9.82. The topological polar surface area (TPSA) is 32.7 Å². The van der Waals surface area contributed by atoms with E-state index >= 15 is 0 Å². The second-order valence-corrected chi connectivity index (χ2v) is 8.51. The van der Waals surface area contributed by atoms with E-state index < -0.39 is 0 Å². The van der Waals surface area contributed by atoms with Gasteiger partial charge in [0.15, 0.2) is 0 Å². The molecule has 3 aliphatic rings. The number of unbranched alkanes of at least 4 members (excludes halogenated alkanes) is 2. The molecule has 0 radical (unpaired) electrons. The summed E-state index contributed by atoms with van der Waals surface area (Å²) in [5.74, 6) is 2.14. The number of nitrogens with zero attached hydrogens (tertiary/aromatic N) is 2. The first-order valence-corrected chi connectivity index (χ1v) is 10.6. The van der Waals surface area contributed by atoms with E-state index in [2.05, 4.69) is 11.8 Å². The molecule has 0 aromatic rings. The van der Waals surface area contributed by atoms with Crippen molar-refractivity contribution < 1.29 is 4.79 Å². The van der Waals surface area contributed by atoms with Gasteiger partial charge in [0.05, 0.1) is 4.99 Å².